The van der Waals surface area contributed by atoms with Gasteiger partial charge in [0.05, 0.1) is 5.69 Å². The van der Waals surface area contributed by atoms with Gasteiger partial charge in [0, 0.05) is 24.0 Å². The highest BCUT2D eigenvalue weighted by Crippen LogP contribution is 2.23. The van der Waals surface area contributed by atoms with Gasteiger partial charge >= 0.3 is 0 Å². The first kappa shape index (κ1) is 21.0. The predicted octanol–water partition coefficient (Wildman–Crippen LogP) is 2.94. The quantitative estimate of drug-likeness (QED) is 0.496. The largest absolute Gasteiger partial charge is 0.339 e. The number of hydrogen-bond acceptors (Lipinski definition) is 7. The molecule has 1 aromatic carbocycles. The Hall–Kier alpha value is -4.21. The summed E-state index contributed by atoms with van der Waals surface area (Å²) in [5, 5.41) is 10.9. The molecule has 3 heterocycles. The van der Waals surface area contributed by atoms with Crippen LogP contribution in [-0.4, -0.2) is 30.8 Å². The third-order valence-corrected chi connectivity index (χ3v) is 4.68. The zero-order valence-corrected chi connectivity index (χ0v) is 17.3. The predicted molar refractivity (Wildman–Crippen MR) is 112 cm³/mol. The summed E-state index contributed by atoms with van der Waals surface area (Å²) in [6.07, 6.45) is 3.25. The minimum atomic E-state index is -0.589. The molecule has 32 heavy (non-hydrogen) atoms. The number of benzene rings is 1. The van der Waals surface area contributed by atoms with Gasteiger partial charge in [-0.15, -0.1) is 0 Å². The van der Waals surface area contributed by atoms with Crippen molar-refractivity contribution in [1.82, 2.24) is 30.2 Å². The van der Waals surface area contributed by atoms with E-state index in [4.69, 9.17) is 4.52 Å². The van der Waals surface area contributed by atoms with Crippen LogP contribution in [0.2, 0.25) is 0 Å². The fourth-order valence-corrected chi connectivity index (χ4v) is 3.00. The monoisotopic (exact) mass is 434 g/mol. The lowest BCUT2D eigenvalue weighted by Crippen LogP contribution is -2.34. The summed E-state index contributed by atoms with van der Waals surface area (Å²) >= 11 is 0. The molecule has 9 nitrogen and oxygen atoms in total. The van der Waals surface area contributed by atoms with Crippen molar-refractivity contribution in [3.8, 4) is 17.1 Å². The average Bonchev–Trinajstić information content (AvgIpc) is 3.28. The first-order valence-corrected chi connectivity index (χ1v) is 9.83. The highest BCUT2D eigenvalue weighted by atomic mass is 19.1. The smallest absolute Gasteiger partial charge is 0.272 e. The van der Waals surface area contributed by atoms with E-state index in [1.54, 1.807) is 24.5 Å². The van der Waals surface area contributed by atoms with Crippen molar-refractivity contribution in [2.45, 2.75) is 19.9 Å². The van der Waals surface area contributed by atoms with Crippen molar-refractivity contribution in [3.63, 3.8) is 0 Å². The minimum absolute atomic E-state index is 0.00609. The highest BCUT2D eigenvalue weighted by Gasteiger charge is 2.26. The molecule has 1 amide bonds. The third kappa shape index (κ3) is 4.43. The first-order valence-electron chi connectivity index (χ1n) is 9.83. The fourth-order valence-electron chi connectivity index (χ4n) is 3.00. The Kier molecular flexibility index (Phi) is 5.84. The van der Waals surface area contributed by atoms with Gasteiger partial charge in [-0.1, -0.05) is 19.0 Å². The van der Waals surface area contributed by atoms with Crippen molar-refractivity contribution in [2.75, 3.05) is 0 Å². The van der Waals surface area contributed by atoms with Gasteiger partial charge in [0.1, 0.15) is 17.6 Å². The summed E-state index contributed by atoms with van der Waals surface area (Å²) < 4.78 is 19.6. The molecule has 0 bridgehead atoms. The number of carbonyl (C=O) groups excluding carboxylic acids is 1. The maximum Gasteiger partial charge on any atom is 0.272 e. The van der Waals surface area contributed by atoms with Crippen LogP contribution in [0.3, 0.4) is 0 Å². The summed E-state index contributed by atoms with van der Waals surface area (Å²) in [6.45, 7) is 3.79. The SMILES string of the molecule is CC(C)C(NC(=O)c1ccc(=O)n(-c2ccc(F)cc2)n1)c1nc(-c2cccnc2)no1. The lowest BCUT2D eigenvalue weighted by Gasteiger charge is -2.18. The molecule has 0 aliphatic heterocycles. The van der Waals surface area contributed by atoms with Crippen LogP contribution in [-0.2, 0) is 0 Å². The van der Waals surface area contributed by atoms with Gasteiger partial charge < -0.3 is 9.84 Å². The molecule has 0 aliphatic carbocycles. The summed E-state index contributed by atoms with van der Waals surface area (Å²) in [5.41, 5.74) is 0.576. The van der Waals surface area contributed by atoms with Crippen LogP contribution in [0.4, 0.5) is 4.39 Å². The average molecular weight is 434 g/mol. The maximum absolute atomic E-state index is 13.2. The highest BCUT2D eigenvalue weighted by molar-refractivity contribution is 5.92. The molecule has 1 atom stereocenters. The van der Waals surface area contributed by atoms with Gasteiger partial charge in [-0.3, -0.25) is 14.6 Å². The number of carbonyl (C=O) groups is 1. The summed E-state index contributed by atoms with van der Waals surface area (Å²) in [5.74, 6) is -0.458. The van der Waals surface area contributed by atoms with E-state index in [-0.39, 0.29) is 17.5 Å². The number of nitrogens with one attached hydrogen (secondary N) is 1. The van der Waals surface area contributed by atoms with E-state index in [1.165, 1.54) is 36.4 Å². The van der Waals surface area contributed by atoms with Gasteiger partial charge in [0.25, 0.3) is 11.5 Å². The van der Waals surface area contributed by atoms with Crippen LogP contribution in [0.25, 0.3) is 17.1 Å². The Labute approximate surface area is 181 Å². The maximum atomic E-state index is 13.2. The van der Waals surface area contributed by atoms with E-state index in [0.29, 0.717) is 17.1 Å². The Morgan fingerprint density at radius 2 is 1.91 bits per heavy atom. The Balaban J connectivity index is 1.59. The topological polar surface area (TPSA) is 116 Å². The number of aromatic nitrogens is 5. The van der Waals surface area contributed by atoms with Gasteiger partial charge in [0.15, 0.2) is 0 Å². The molecule has 0 saturated carbocycles. The molecular formula is C22H19FN6O3. The van der Waals surface area contributed by atoms with Crippen LogP contribution in [0.15, 0.2) is 70.2 Å². The van der Waals surface area contributed by atoms with E-state index >= 15 is 0 Å². The summed E-state index contributed by atoms with van der Waals surface area (Å²) in [7, 11) is 0. The van der Waals surface area contributed by atoms with E-state index < -0.39 is 23.3 Å². The van der Waals surface area contributed by atoms with E-state index in [0.717, 1.165) is 4.68 Å². The molecule has 10 heteroatoms. The summed E-state index contributed by atoms with van der Waals surface area (Å²) in [6, 6.07) is 10.7. The molecule has 4 aromatic rings. The fraction of sp³-hybridized carbons (Fsp3) is 0.182. The number of halogens is 1. The van der Waals surface area contributed by atoms with Gasteiger partial charge in [-0.05, 0) is 48.4 Å². The van der Waals surface area contributed by atoms with Crippen LogP contribution < -0.4 is 10.9 Å². The Morgan fingerprint density at radius 1 is 1.12 bits per heavy atom. The van der Waals surface area contributed by atoms with Crippen molar-refractivity contribution >= 4 is 5.91 Å². The number of nitrogens with zero attached hydrogens (tertiary/aromatic N) is 5. The molecule has 0 radical (unpaired) electrons. The van der Waals surface area contributed by atoms with Crippen molar-refractivity contribution in [3.05, 3.63) is 88.7 Å². The van der Waals surface area contributed by atoms with Gasteiger partial charge in [-0.2, -0.15) is 14.8 Å². The molecule has 0 spiro atoms. The molecule has 0 fully saturated rings. The minimum Gasteiger partial charge on any atom is -0.339 e. The number of hydrogen-bond donors (Lipinski definition) is 1. The van der Waals surface area contributed by atoms with Gasteiger partial charge in [-0.25, -0.2) is 4.39 Å². The Bertz CT molecular complexity index is 1290. The van der Waals surface area contributed by atoms with Crippen LogP contribution >= 0.6 is 0 Å². The number of rotatable bonds is 6. The number of pyridine rings is 1. The second-order valence-electron chi connectivity index (χ2n) is 7.34. The zero-order chi connectivity index (χ0) is 22.7. The van der Waals surface area contributed by atoms with Crippen molar-refractivity contribution in [2.24, 2.45) is 5.92 Å². The molecule has 0 saturated heterocycles. The molecule has 162 valence electrons. The van der Waals surface area contributed by atoms with E-state index in [1.807, 2.05) is 13.8 Å². The van der Waals surface area contributed by atoms with Crippen LogP contribution in [0.5, 0.6) is 0 Å². The molecule has 0 aliphatic rings. The Morgan fingerprint density at radius 3 is 2.59 bits per heavy atom. The lowest BCUT2D eigenvalue weighted by atomic mass is 10.0. The molecule has 1 unspecified atom stereocenters. The molecule has 3 aromatic heterocycles. The third-order valence-electron chi connectivity index (χ3n) is 4.68. The first-order chi connectivity index (χ1) is 15.4. The molecule has 4 rings (SSSR count). The number of amides is 1. The zero-order valence-electron chi connectivity index (χ0n) is 17.3. The van der Waals surface area contributed by atoms with E-state index in [9.17, 15) is 14.0 Å². The van der Waals surface area contributed by atoms with Crippen LogP contribution in [0, 0.1) is 11.7 Å². The van der Waals surface area contributed by atoms with Gasteiger partial charge in [0.2, 0.25) is 11.7 Å². The van der Waals surface area contributed by atoms with Crippen LogP contribution in [0.1, 0.15) is 36.3 Å². The summed E-state index contributed by atoms with van der Waals surface area (Å²) in [4.78, 5) is 33.5. The molecular weight excluding hydrogens is 415 g/mol. The van der Waals surface area contributed by atoms with Crippen molar-refractivity contribution < 1.29 is 13.7 Å². The second-order valence-corrected chi connectivity index (χ2v) is 7.34. The molecule has 1 N–H and O–H groups in total. The lowest BCUT2D eigenvalue weighted by molar-refractivity contribution is 0.0907. The van der Waals surface area contributed by atoms with Crippen molar-refractivity contribution in [1.29, 1.82) is 0 Å². The standard InChI is InChI=1S/C22H19FN6O3/c1-13(2)19(22-26-20(28-32-22)14-4-3-11-24-12-14)25-21(31)17-9-10-18(30)29(27-17)16-7-5-15(23)6-8-16/h3-13,19H,1-2H3,(H,25,31). The second kappa shape index (κ2) is 8.88. The normalized spacial score (nSPS) is 12.0. The van der Waals surface area contributed by atoms with E-state index in [2.05, 4.69) is 25.5 Å².